The molecule has 4 aromatic carbocycles. The number of carbonyl (C=O) groups excluding carboxylic acids is 1. The zero-order chi connectivity index (χ0) is 22.6. The molecule has 0 saturated carbocycles. The lowest BCUT2D eigenvalue weighted by atomic mass is 9.96. The van der Waals surface area contributed by atoms with E-state index in [9.17, 15) is 4.79 Å². The van der Waals surface area contributed by atoms with Crippen LogP contribution in [0.3, 0.4) is 0 Å². The van der Waals surface area contributed by atoms with Crippen molar-refractivity contribution in [1.82, 2.24) is 10.3 Å². The number of hydrogen-bond donors (Lipinski definition) is 1. The van der Waals surface area contributed by atoms with Gasteiger partial charge in [-0.2, -0.15) is 5.10 Å². The number of piperidine rings is 1. The summed E-state index contributed by atoms with van der Waals surface area (Å²) in [5, 5.41) is 9.70. The van der Waals surface area contributed by atoms with E-state index < -0.39 is 0 Å². The summed E-state index contributed by atoms with van der Waals surface area (Å²) in [6, 6.07) is 26.7. The molecule has 1 fully saturated rings. The number of rotatable bonds is 5. The van der Waals surface area contributed by atoms with Gasteiger partial charge in [-0.1, -0.05) is 72.3 Å². The fourth-order valence-electron chi connectivity index (χ4n) is 4.64. The normalized spacial score (nSPS) is 15.4. The van der Waals surface area contributed by atoms with E-state index in [-0.39, 0.29) is 11.8 Å². The van der Waals surface area contributed by atoms with Gasteiger partial charge in [-0.25, -0.2) is 5.43 Å². The van der Waals surface area contributed by atoms with Crippen LogP contribution in [0.1, 0.15) is 24.0 Å². The molecule has 0 bridgehead atoms. The number of fused-ring (bicyclic) bond motifs is 2. The van der Waals surface area contributed by atoms with Gasteiger partial charge in [0.25, 0.3) is 0 Å². The molecule has 33 heavy (non-hydrogen) atoms. The summed E-state index contributed by atoms with van der Waals surface area (Å²) < 4.78 is 0. The Morgan fingerprint density at radius 2 is 1.55 bits per heavy atom. The zero-order valence-corrected chi connectivity index (χ0v) is 19.1. The number of halogens is 1. The van der Waals surface area contributed by atoms with Crippen LogP contribution >= 0.6 is 11.6 Å². The number of nitrogens with one attached hydrogen (secondary N) is 1. The van der Waals surface area contributed by atoms with E-state index in [4.69, 9.17) is 11.6 Å². The molecule has 1 heterocycles. The van der Waals surface area contributed by atoms with Gasteiger partial charge < -0.3 is 0 Å². The summed E-state index contributed by atoms with van der Waals surface area (Å²) in [6.45, 7) is 2.69. The Bertz CT molecular complexity index is 1250. The van der Waals surface area contributed by atoms with E-state index >= 15 is 0 Å². The van der Waals surface area contributed by atoms with Gasteiger partial charge in [0.05, 0.1) is 6.21 Å². The maximum absolute atomic E-state index is 12.8. The van der Waals surface area contributed by atoms with Gasteiger partial charge in [0.1, 0.15) is 0 Å². The molecule has 1 N–H and O–H groups in total. The van der Waals surface area contributed by atoms with Crippen LogP contribution in [-0.2, 0) is 11.3 Å². The van der Waals surface area contributed by atoms with Crippen molar-refractivity contribution in [1.29, 1.82) is 0 Å². The van der Waals surface area contributed by atoms with Crippen molar-refractivity contribution in [2.45, 2.75) is 19.4 Å². The van der Waals surface area contributed by atoms with Crippen LogP contribution < -0.4 is 5.43 Å². The maximum Gasteiger partial charge on any atom is 0.243 e. The number of hydrazone groups is 1. The Labute approximate surface area is 198 Å². The molecule has 0 aromatic heterocycles. The number of nitrogens with zero attached hydrogens (tertiary/aromatic N) is 2. The highest BCUT2D eigenvalue weighted by molar-refractivity contribution is 6.30. The fourth-order valence-corrected chi connectivity index (χ4v) is 4.77. The highest BCUT2D eigenvalue weighted by Crippen LogP contribution is 2.27. The van der Waals surface area contributed by atoms with Crippen LogP contribution in [0.4, 0.5) is 0 Å². The summed E-state index contributed by atoms with van der Waals surface area (Å²) in [4.78, 5) is 15.1. The summed E-state index contributed by atoms with van der Waals surface area (Å²) >= 11 is 5.98. The molecule has 1 saturated heterocycles. The van der Waals surface area contributed by atoms with Gasteiger partial charge in [0.2, 0.25) is 5.91 Å². The molecule has 1 aliphatic rings. The van der Waals surface area contributed by atoms with Gasteiger partial charge in [0.15, 0.2) is 0 Å². The van der Waals surface area contributed by atoms with E-state index in [1.807, 2.05) is 36.4 Å². The molecule has 0 radical (unpaired) electrons. The Kier molecular flexibility index (Phi) is 6.38. The third kappa shape index (κ3) is 4.92. The van der Waals surface area contributed by atoms with Crippen molar-refractivity contribution in [2.75, 3.05) is 13.1 Å². The summed E-state index contributed by atoms with van der Waals surface area (Å²) in [7, 11) is 0. The van der Waals surface area contributed by atoms with Gasteiger partial charge in [-0.15, -0.1) is 0 Å². The molecule has 4 nitrogen and oxygen atoms in total. The van der Waals surface area contributed by atoms with E-state index in [1.165, 1.54) is 5.56 Å². The second kappa shape index (κ2) is 9.74. The molecular weight excluding hydrogens is 430 g/mol. The number of benzene rings is 4. The smallest absolute Gasteiger partial charge is 0.243 e. The van der Waals surface area contributed by atoms with Crippen LogP contribution in [0.25, 0.3) is 21.5 Å². The second-order valence-corrected chi connectivity index (χ2v) is 9.08. The molecule has 1 aliphatic heterocycles. The van der Waals surface area contributed by atoms with Crippen LogP contribution in [0.5, 0.6) is 0 Å². The number of carbonyl (C=O) groups is 1. The minimum absolute atomic E-state index is 0.00179. The molecule has 0 spiro atoms. The third-order valence-corrected chi connectivity index (χ3v) is 6.71. The predicted molar refractivity (Wildman–Crippen MR) is 137 cm³/mol. The zero-order valence-electron chi connectivity index (χ0n) is 18.4. The van der Waals surface area contributed by atoms with Crippen LogP contribution in [0, 0.1) is 5.92 Å². The van der Waals surface area contributed by atoms with Crippen LogP contribution in [-0.4, -0.2) is 30.1 Å². The molecule has 0 atom stereocenters. The maximum atomic E-state index is 12.8. The van der Waals surface area contributed by atoms with E-state index in [0.29, 0.717) is 0 Å². The molecule has 4 aromatic rings. The lowest BCUT2D eigenvalue weighted by molar-refractivity contribution is -0.126. The molecular formula is C28H26ClN3O. The van der Waals surface area contributed by atoms with E-state index in [1.54, 1.807) is 6.21 Å². The standard InChI is InChI=1S/C28H26ClN3O/c29-24-11-9-20(10-12-24)19-32-15-13-21(14-16-32)28(33)31-30-18-27-25-7-3-1-5-22(25)17-23-6-2-4-8-26(23)27/h1-12,17-18,21H,13-16,19H2,(H,31,33). The Morgan fingerprint density at radius 1 is 0.939 bits per heavy atom. The van der Waals surface area contributed by atoms with Crippen molar-refractivity contribution in [3.8, 4) is 0 Å². The first kappa shape index (κ1) is 21.6. The first-order valence-corrected chi connectivity index (χ1v) is 11.8. The quantitative estimate of drug-likeness (QED) is 0.227. The van der Waals surface area contributed by atoms with Gasteiger partial charge in [-0.05, 0) is 71.2 Å². The second-order valence-electron chi connectivity index (χ2n) is 8.64. The fraction of sp³-hybridized carbons (Fsp3) is 0.214. The molecule has 1 amide bonds. The predicted octanol–water partition coefficient (Wildman–Crippen LogP) is 6.01. The highest BCUT2D eigenvalue weighted by atomic mass is 35.5. The number of amides is 1. The topological polar surface area (TPSA) is 44.7 Å². The largest absolute Gasteiger partial charge is 0.299 e. The van der Waals surface area contributed by atoms with Crippen molar-refractivity contribution in [3.63, 3.8) is 0 Å². The molecule has 0 aliphatic carbocycles. The minimum atomic E-state index is -0.00659. The van der Waals surface area contributed by atoms with Gasteiger partial charge in [0, 0.05) is 23.0 Å². The van der Waals surface area contributed by atoms with Crippen molar-refractivity contribution in [3.05, 3.63) is 95.0 Å². The summed E-state index contributed by atoms with van der Waals surface area (Å²) in [6.07, 6.45) is 3.47. The van der Waals surface area contributed by atoms with E-state index in [0.717, 1.165) is 64.6 Å². The van der Waals surface area contributed by atoms with Crippen LogP contribution in [0.2, 0.25) is 5.02 Å². The van der Waals surface area contributed by atoms with Crippen molar-refractivity contribution >= 4 is 45.3 Å². The SMILES string of the molecule is O=C(NN=Cc1c2ccccc2cc2ccccc12)C1CCN(Cc2ccc(Cl)cc2)CC1. The van der Waals surface area contributed by atoms with Crippen molar-refractivity contribution < 1.29 is 4.79 Å². The average Bonchev–Trinajstić information content (AvgIpc) is 2.85. The van der Waals surface area contributed by atoms with E-state index in [2.05, 4.69) is 57.9 Å². The lowest BCUT2D eigenvalue weighted by Crippen LogP contribution is -2.39. The Hall–Kier alpha value is -3.21. The first-order valence-electron chi connectivity index (χ1n) is 11.4. The summed E-state index contributed by atoms with van der Waals surface area (Å²) in [5.74, 6) is -0.00480. The number of likely N-dealkylation sites (tertiary alicyclic amines) is 1. The number of hydrogen-bond acceptors (Lipinski definition) is 3. The lowest BCUT2D eigenvalue weighted by Gasteiger charge is -2.30. The molecule has 0 unspecified atom stereocenters. The van der Waals surface area contributed by atoms with Gasteiger partial charge in [-0.3, -0.25) is 9.69 Å². The van der Waals surface area contributed by atoms with Crippen LogP contribution in [0.15, 0.2) is 84.0 Å². The monoisotopic (exact) mass is 455 g/mol. The minimum Gasteiger partial charge on any atom is -0.299 e. The Balaban J connectivity index is 1.23. The molecule has 5 rings (SSSR count). The van der Waals surface area contributed by atoms with Crippen molar-refractivity contribution in [2.24, 2.45) is 11.0 Å². The molecule has 166 valence electrons. The first-order chi connectivity index (χ1) is 16.2. The average molecular weight is 456 g/mol. The highest BCUT2D eigenvalue weighted by Gasteiger charge is 2.24. The van der Waals surface area contributed by atoms with Gasteiger partial charge >= 0.3 is 0 Å². The summed E-state index contributed by atoms with van der Waals surface area (Å²) in [5.41, 5.74) is 5.07. The Morgan fingerprint density at radius 3 is 2.18 bits per heavy atom. The third-order valence-electron chi connectivity index (χ3n) is 6.46. The molecule has 5 heteroatoms.